The van der Waals surface area contributed by atoms with Crippen molar-refractivity contribution in [1.29, 1.82) is 0 Å². The zero-order valence-electron chi connectivity index (χ0n) is 18.0. The van der Waals surface area contributed by atoms with Crippen molar-refractivity contribution < 1.29 is 19.1 Å². The molecule has 1 aliphatic heterocycles. The van der Waals surface area contributed by atoms with Gasteiger partial charge >= 0.3 is 5.97 Å². The Morgan fingerprint density at radius 1 is 1.21 bits per heavy atom. The van der Waals surface area contributed by atoms with E-state index >= 15 is 0 Å². The summed E-state index contributed by atoms with van der Waals surface area (Å²) < 4.78 is 12.8. The topological polar surface area (TPSA) is 86.5 Å². The third kappa shape index (κ3) is 4.58. The van der Waals surface area contributed by atoms with Gasteiger partial charge in [0, 0.05) is 24.8 Å². The number of amides is 1. The van der Waals surface area contributed by atoms with Crippen molar-refractivity contribution in [2.75, 3.05) is 19.7 Å². The van der Waals surface area contributed by atoms with Crippen LogP contribution in [0.15, 0.2) is 12.3 Å². The first-order valence-corrected chi connectivity index (χ1v) is 10.2. The van der Waals surface area contributed by atoms with Gasteiger partial charge in [0.15, 0.2) is 12.3 Å². The molecule has 3 heterocycles. The molecule has 0 spiro atoms. The van der Waals surface area contributed by atoms with Gasteiger partial charge in [-0.1, -0.05) is 13.8 Å². The van der Waals surface area contributed by atoms with Gasteiger partial charge in [0.05, 0.1) is 29.4 Å². The quantitative estimate of drug-likeness (QED) is 0.715. The molecular formula is C21H30N4O4. The first-order valence-electron chi connectivity index (χ1n) is 10.2. The van der Waals surface area contributed by atoms with Crippen LogP contribution in [0.25, 0.3) is 11.0 Å². The number of hydrogen-bond acceptors (Lipinski definition) is 6. The highest BCUT2D eigenvalue weighted by atomic mass is 16.5. The molecule has 1 saturated heterocycles. The molecule has 8 nitrogen and oxygen atoms in total. The van der Waals surface area contributed by atoms with Gasteiger partial charge in [-0.3, -0.25) is 4.79 Å². The second-order valence-electron chi connectivity index (χ2n) is 8.30. The van der Waals surface area contributed by atoms with E-state index in [0.717, 1.165) is 5.69 Å². The molecule has 3 rings (SSSR count). The van der Waals surface area contributed by atoms with E-state index in [1.165, 1.54) is 0 Å². The Kier molecular flexibility index (Phi) is 6.21. The van der Waals surface area contributed by atoms with Crippen LogP contribution < -0.4 is 0 Å². The third-order valence-corrected chi connectivity index (χ3v) is 4.99. The average molecular weight is 402 g/mol. The SMILES string of the molecule is CC(C)c1cc(C(=O)OCC(=O)N2C[C@@H](C)O[C@H](C)C2)c2cnn(C(C)C)c2n1. The molecule has 0 aliphatic carbocycles. The number of rotatable bonds is 5. The van der Waals surface area contributed by atoms with Crippen molar-refractivity contribution in [1.82, 2.24) is 19.7 Å². The number of nitrogens with zero attached hydrogens (tertiary/aromatic N) is 4. The number of carbonyl (C=O) groups is 2. The fourth-order valence-corrected chi connectivity index (χ4v) is 3.56. The highest BCUT2D eigenvalue weighted by Gasteiger charge is 2.27. The summed E-state index contributed by atoms with van der Waals surface area (Å²) in [6, 6.07) is 1.85. The minimum absolute atomic E-state index is 0.0336. The van der Waals surface area contributed by atoms with Crippen molar-refractivity contribution in [3.05, 3.63) is 23.5 Å². The van der Waals surface area contributed by atoms with E-state index in [1.54, 1.807) is 21.8 Å². The molecule has 0 N–H and O–H groups in total. The van der Waals surface area contributed by atoms with Gasteiger partial charge in [-0.2, -0.15) is 5.10 Å². The zero-order valence-corrected chi connectivity index (χ0v) is 18.0. The van der Waals surface area contributed by atoms with Crippen molar-refractivity contribution in [3.8, 4) is 0 Å². The van der Waals surface area contributed by atoms with Crippen LogP contribution in [0.2, 0.25) is 0 Å². The molecule has 0 saturated carbocycles. The van der Waals surface area contributed by atoms with Gasteiger partial charge in [-0.05, 0) is 39.7 Å². The van der Waals surface area contributed by atoms with Gasteiger partial charge in [0.1, 0.15) is 0 Å². The minimum Gasteiger partial charge on any atom is -0.452 e. The fraction of sp³-hybridized carbons (Fsp3) is 0.619. The predicted octanol–water partition coefficient (Wildman–Crippen LogP) is 2.93. The van der Waals surface area contributed by atoms with Crippen LogP contribution in [0.1, 0.15) is 69.6 Å². The van der Waals surface area contributed by atoms with Crippen LogP contribution in [0.4, 0.5) is 0 Å². The lowest BCUT2D eigenvalue weighted by atomic mass is 10.1. The third-order valence-electron chi connectivity index (χ3n) is 4.99. The monoisotopic (exact) mass is 402 g/mol. The molecule has 2 atom stereocenters. The maximum Gasteiger partial charge on any atom is 0.339 e. The van der Waals surface area contributed by atoms with E-state index in [0.29, 0.717) is 29.7 Å². The van der Waals surface area contributed by atoms with Crippen LogP contribution in [-0.2, 0) is 14.3 Å². The second-order valence-corrected chi connectivity index (χ2v) is 8.30. The van der Waals surface area contributed by atoms with E-state index in [2.05, 4.69) is 10.1 Å². The fourth-order valence-electron chi connectivity index (χ4n) is 3.56. The maximum atomic E-state index is 12.8. The number of esters is 1. The molecule has 0 bridgehead atoms. The molecule has 8 heteroatoms. The van der Waals surface area contributed by atoms with Crippen molar-refractivity contribution in [2.45, 2.75) is 65.7 Å². The van der Waals surface area contributed by atoms with E-state index in [-0.39, 0.29) is 36.7 Å². The molecule has 158 valence electrons. The van der Waals surface area contributed by atoms with Crippen molar-refractivity contribution in [3.63, 3.8) is 0 Å². The first kappa shape index (κ1) is 21.2. The Balaban J connectivity index is 1.80. The Hall–Kier alpha value is -2.48. The molecule has 2 aromatic rings. The van der Waals surface area contributed by atoms with Gasteiger partial charge < -0.3 is 14.4 Å². The van der Waals surface area contributed by atoms with Crippen LogP contribution in [0.3, 0.4) is 0 Å². The first-order chi connectivity index (χ1) is 13.7. The molecular weight excluding hydrogens is 372 g/mol. The molecule has 0 aromatic carbocycles. The summed E-state index contributed by atoms with van der Waals surface area (Å²) in [6.07, 6.45) is 1.57. The van der Waals surface area contributed by atoms with Crippen molar-refractivity contribution >= 4 is 22.9 Å². The average Bonchev–Trinajstić information content (AvgIpc) is 3.08. The van der Waals surface area contributed by atoms with Crippen LogP contribution in [0, 0.1) is 0 Å². The summed E-state index contributed by atoms with van der Waals surface area (Å²) in [5.74, 6) is -0.614. The van der Waals surface area contributed by atoms with Crippen LogP contribution in [-0.4, -0.2) is 63.4 Å². The molecule has 29 heavy (non-hydrogen) atoms. The summed E-state index contributed by atoms with van der Waals surface area (Å²) in [7, 11) is 0. The highest BCUT2D eigenvalue weighted by molar-refractivity contribution is 6.03. The normalized spacial score (nSPS) is 19.9. The number of morpholine rings is 1. The van der Waals surface area contributed by atoms with Crippen molar-refractivity contribution in [2.24, 2.45) is 0 Å². The number of carbonyl (C=O) groups excluding carboxylic acids is 2. The summed E-state index contributed by atoms with van der Waals surface area (Å²) >= 11 is 0. The second kappa shape index (κ2) is 8.49. The van der Waals surface area contributed by atoms with E-state index in [4.69, 9.17) is 9.47 Å². The minimum atomic E-state index is -0.537. The Labute approximate surface area is 171 Å². The number of ether oxygens (including phenoxy) is 2. The maximum absolute atomic E-state index is 12.8. The van der Waals surface area contributed by atoms with Gasteiger partial charge in [0.25, 0.3) is 5.91 Å². The molecule has 2 aromatic heterocycles. The Morgan fingerprint density at radius 2 is 1.86 bits per heavy atom. The lowest BCUT2D eigenvalue weighted by Crippen LogP contribution is -2.49. The number of hydrogen-bond donors (Lipinski definition) is 0. The van der Waals surface area contributed by atoms with Gasteiger partial charge in [-0.25, -0.2) is 14.5 Å². The van der Waals surface area contributed by atoms with Gasteiger partial charge in [-0.15, -0.1) is 0 Å². The standard InChI is InChI=1S/C21H30N4O4/c1-12(2)18-7-16(17-8-22-25(13(3)4)20(17)23-18)21(27)28-11-19(26)24-9-14(5)29-15(6)10-24/h7-8,12-15H,9-11H2,1-6H3/t14-,15-/m1/s1. The number of pyridine rings is 1. The smallest absolute Gasteiger partial charge is 0.339 e. The van der Waals surface area contributed by atoms with Crippen LogP contribution >= 0.6 is 0 Å². The lowest BCUT2D eigenvalue weighted by Gasteiger charge is -2.35. The van der Waals surface area contributed by atoms with Gasteiger partial charge in [0.2, 0.25) is 0 Å². The van der Waals surface area contributed by atoms with E-state index < -0.39 is 5.97 Å². The summed E-state index contributed by atoms with van der Waals surface area (Å²) in [5, 5.41) is 5.01. The van der Waals surface area contributed by atoms with E-state index in [1.807, 2.05) is 41.5 Å². The van der Waals surface area contributed by atoms with E-state index in [9.17, 15) is 9.59 Å². The highest BCUT2D eigenvalue weighted by Crippen LogP contribution is 2.25. The largest absolute Gasteiger partial charge is 0.452 e. The lowest BCUT2D eigenvalue weighted by molar-refractivity contribution is -0.146. The summed E-state index contributed by atoms with van der Waals surface area (Å²) in [5.41, 5.74) is 1.83. The Bertz CT molecular complexity index is 895. The number of aromatic nitrogens is 3. The predicted molar refractivity (Wildman–Crippen MR) is 109 cm³/mol. The molecule has 1 aliphatic rings. The van der Waals surface area contributed by atoms with Crippen LogP contribution in [0.5, 0.6) is 0 Å². The Morgan fingerprint density at radius 3 is 2.45 bits per heavy atom. The zero-order chi connectivity index (χ0) is 21.3. The molecule has 0 unspecified atom stereocenters. The molecule has 1 amide bonds. The molecule has 1 fully saturated rings. The summed E-state index contributed by atoms with van der Waals surface area (Å²) in [6.45, 7) is 12.6. The number of fused-ring (bicyclic) bond motifs is 1. The molecule has 0 radical (unpaired) electrons. The summed E-state index contributed by atoms with van der Waals surface area (Å²) in [4.78, 5) is 31.7.